The van der Waals surface area contributed by atoms with Crippen molar-refractivity contribution in [1.29, 1.82) is 0 Å². The van der Waals surface area contributed by atoms with Crippen molar-refractivity contribution in [2.45, 2.75) is 18.4 Å². The van der Waals surface area contributed by atoms with Crippen LogP contribution in [0.1, 0.15) is 5.56 Å². The maximum Gasteiger partial charge on any atom is 0.416 e. The van der Waals surface area contributed by atoms with E-state index in [2.05, 4.69) is 15.1 Å². The van der Waals surface area contributed by atoms with Crippen molar-refractivity contribution in [3.05, 3.63) is 41.3 Å². The third-order valence-electron chi connectivity index (χ3n) is 6.14. The SMILES string of the molecule is O=C1CN(CC(F)(F)F)CCN1C1CN(c2nc(Cl)nc3c2cnn3-c2cccc(C(F)(F)F)c2)C1. The van der Waals surface area contributed by atoms with Crippen LogP contribution in [0.5, 0.6) is 0 Å². The quantitative estimate of drug-likeness (QED) is 0.378. The van der Waals surface area contributed by atoms with Crippen molar-refractivity contribution in [2.24, 2.45) is 0 Å². The fourth-order valence-corrected chi connectivity index (χ4v) is 4.61. The van der Waals surface area contributed by atoms with Crippen LogP contribution in [0.25, 0.3) is 16.7 Å². The lowest BCUT2D eigenvalue weighted by atomic mass is 10.1. The molecular formula is C21H18ClF6N7O. The summed E-state index contributed by atoms with van der Waals surface area (Å²) >= 11 is 6.11. The average molecular weight is 534 g/mol. The molecule has 0 bridgehead atoms. The van der Waals surface area contributed by atoms with Gasteiger partial charge in [-0.15, -0.1) is 0 Å². The third-order valence-corrected chi connectivity index (χ3v) is 6.31. The number of aromatic nitrogens is 4. The fourth-order valence-electron chi connectivity index (χ4n) is 4.45. The van der Waals surface area contributed by atoms with Crippen molar-refractivity contribution in [3.63, 3.8) is 0 Å². The molecule has 0 atom stereocenters. The largest absolute Gasteiger partial charge is 0.416 e. The summed E-state index contributed by atoms with van der Waals surface area (Å²) in [6.07, 6.45) is -7.47. The molecule has 0 N–H and O–H groups in total. The molecule has 4 heterocycles. The lowest BCUT2D eigenvalue weighted by molar-refractivity contribution is -0.159. The number of hydrogen-bond acceptors (Lipinski definition) is 6. The van der Waals surface area contributed by atoms with Crippen LogP contribution < -0.4 is 4.90 Å². The van der Waals surface area contributed by atoms with E-state index < -0.39 is 24.5 Å². The normalized spacial score (nSPS) is 18.2. The molecule has 1 amide bonds. The number of alkyl halides is 6. The van der Waals surface area contributed by atoms with Gasteiger partial charge in [0.1, 0.15) is 5.82 Å². The van der Waals surface area contributed by atoms with Crippen LogP contribution in [0.4, 0.5) is 32.2 Å². The van der Waals surface area contributed by atoms with Gasteiger partial charge in [0.15, 0.2) is 5.65 Å². The summed E-state index contributed by atoms with van der Waals surface area (Å²) in [5.41, 5.74) is -0.483. The number of carbonyl (C=O) groups is 1. The highest BCUT2D eigenvalue weighted by molar-refractivity contribution is 6.28. The Bertz CT molecular complexity index is 1300. The van der Waals surface area contributed by atoms with Gasteiger partial charge < -0.3 is 9.80 Å². The first-order chi connectivity index (χ1) is 16.9. The minimum atomic E-state index is -4.53. The molecule has 0 saturated carbocycles. The van der Waals surface area contributed by atoms with Gasteiger partial charge in [-0.2, -0.15) is 41.4 Å². The van der Waals surface area contributed by atoms with E-state index in [0.717, 1.165) is 17.0 Å². The van der Waals surface area contributed by atoms with E-state index in [4.69, 9.17) is 11.6 Å². The van der Waals surface area contributed by atoms with Gasteiger partial charge in [-0.1, -0.05) is 6.07 Å². The fraction of sp³-hybridized carbons (Fsp3) is 0.429. The number of piperazine rings is 1. The van der Waals surface area contributed by atoms with Gasteiger partial charge in [-0.25, -0.2) is 4.68 Å². The van der Waals surface area contributed by atoms with Gasteiger partial charge in [-0.05, 0) is 29.8 Å². The molecule has 192 valence electrons. The van der Waals surface area contributed by atoms with E-state index in [1.54, 1.807) is 4.90 Å². The first-order valence-electron chi connectivity index (χ1n) is 10.8. The van der Waals surface area contributed by atoms with E-state index in [9.17, 15) is 31.1 Å². The number of halogens is 7. The number of rotatable bonds is 4. The summed E-state index contributed by atoms with van der Waals surface area (Å²) in [5, 5.41) is 4.51. The smallest absolute Gasteiger partial charge is 0.352 e. The molecule has 5 rings (SSSR count). The van der Waals surface area contributed by atoms with E-state index in [-0.39, 0.29) is 48.2 Å². The van der Waals surface area contributed by atoms with Crippen molar-refractivity contribution < 1.29 is 31.1 Å². The van der Waals surface area contributed by atoms with Crippen LogP contribution in [0, 0.1) is 0 Å². The van der Waals surface area contributed by atoms with Crippen LogP contribution in [0.2, 0.25) is 5.28 Å². The summed E-state index contributed by atoms with van der Waals surface area (Å²) in [7, 11) is 0. The van der Waals surface area contributed by atoms with Gasteiger partial charge in [0.05, 0.1) is 42.0 Å². The number of carbonyl (C=O) groups excluding carboxylic acids is 1. The summed E-state index contributed by atoms with van der Waals surface area (Å²) in [4.78, 5) is 25.3. The molecule has 0 unspecified atom stereocenters. The molecule has 2 saturated heterocycles. The number of fused-ring (bicyclic) bond motifs is 1. The average Bonchev–Trinajstić information content (AvgIpc) is 3.16. The van der Waals surface area contributed by atoms with E-state index in [0.29, 0.717) is 24.3 Å². The minimum Gasteiger partial charge on any atom is -0.352 e. The summed E-state index contributed by atoms with van der Waals surface area (Å²) in [6.45, 7) is -0.402. The second-order valence-corrected chi connectivity index (χ2v) is 8.97. The lowest BCUT2D eigenvalue weighted by Gasteiger charge is -2.48. The lowest BCUT2D eigenvalue weighted by Crippen LogP contribution is -2.65. The molecule has 2 aromatic heterocycles. The molecule has 3 aromatic rings. The van der Waals surface area contributed by atoms with Crippen molar-refractivity contribution in [1.82, 2.24) is 29.5 Å². The highest BCUT2D eigenvalue weighted by atomic mass is 35.5. The second-order valence-electron chi connectivity index (χ2n) is 8.63. The number of hydrogen-bond donors (Lipinski definition) is 0. The maximum absolute atomic E-state index is 13.2. The third kappa shape index (κ3) is 4.78. The molecule has 15 heteroatoms. The van der Waals surface area contributed by atoms with Gasteiger partial charge in [-0.3, -0.25) is 9.69 Å². The first kappa shape index (κ1) is 24.6. The summed E-state index contributed by atoms with van der Waals surface area (Å²) < 4.78 is 78.6. The summed E-state index contributed by atoms with van der Waals surface area (Å²) in [5.74, 6) is 0.0287. The van der Waals surface area contributed by atoms with E-state index in [1.807, 2.05) is 4.90 Å². The van der Waals surface area contributed by atoms with Gasteiger partial charge >= 0.3 is 12.4 Å². The zero-order chi connectivity index (χ0) is 25.8. The van der Waals surface area contributed by atoms with Crippen LogP contribution in [-0.4, -0.2) is 86.9 Å². The predicted molar refractivity (Wildman–Crippen MR) is 117 cm³/mol. The zero-order valence-corrected chi connectivity index (χ0v) is 19.1. The zero-order valence-electron chi connectivity index (χ0n) is 18.4. The molecular weight excluding hydrogens is 516 g/mol. The van der Waals surface area contributed by atoms with E-state index >= 15 is 0 Å². The number of benzene rings is 1. The Morgan fingerprint density at radius 2 is 1.81 bits per heavy atom. The molecule has 0 radical (unpaired) electrons. The van der Waals surface area contributed by atoms with Crippen molar-refractivity contribution >= 4 is 34.4 Å². The Morgan fingerprint density at radius 1 is 1.06 bits per heavy atom. The van der Waals surface area contributed by atoms with Crippen LogP contribution in [0.3, 0.4) is 0 Å². The Labute approximate surface area is 205 Å². The molecule has 2 fully saturated rings. The number of anilines is 1. The Balaban J connectivity index is 1.34. The molecule has 2 aliphatic heterocycles. The number of amides is 1. The second kappa shape index (κ2) is 8.76. The monoisotopic (exact) mass is 533 g/mol. The maximum atomic E-state index is 13.2. The molecule has 2 aliphatic rings. The van der Waals surface area contributed by atoms with Crippen molar-refractivity contribution in [3.8, 4) is 5.69 Å². The molecule has 36 heavy (non-hydrogen) atoms. The molecule has 0 aliphatic carbocycles. The Kier molecular flexibility index (Phi) is 5.98. The van der Waals surface area contributed by atoms with Gasteiger partial charge in [0.2, 0.25) is 11.2 Å². The standard InChI is InChI=1S/C21H18ClF6N7O/c22-19-30-17(33-8-14(9-33)34-5-4-32(10-16(34)36)11-20(23,24)25)15-7-29-35(18(15)31-19)13-3-1-2-12(6-13)21(26,27)28/h1-3,6-7,14H,4-5,8-11H2. The van der Waals surface area contributed by atoms with E-state index in [1.165, 1.54) is 23.0 Å². The van der Waals surface area contributed by atoms with Gasteiger partial charge in [0, 0.05) is 26.2 Å². The predicted octanol–water partition coefficient (Wildman–Crippen LogP) is 3.38. The van der Waals surface area contributed by atoms with Crippen molar-refractivity contribution in [2.75, 3.05) is 44.2 Å². The Morgan fingerprint density at radius 3 is 2.47 bits per heavy atom. The topological polar surface area (TPSA) is 70.4 Å². The molecule has 1 aromatic carbocycles. The minimum absolute atomic E-state index is 0.120. The van der Waals surface area contributed by atoms with Gasteiger partial charge in [0.25, 0.3) is 0 Å². The highest BCUT2D eigenvalue weighted by Gasteiger charge is 2.40. The van der Waals surface area contributed by atoms with Crippen LogP contribution in [-0.2, 0) is 11.0 Å². The molecule has 0 spiro atoms. The van der Waals surface area contributed by atoms with Crippen LogP contribution in [0.15, 0.2) is 30.5 Å². The van der Waals surface area contributed by atoms with Crippen LogP contribution >= 0.6 is 11.6 Å². The Hall–Kier alpha value is -3.13. The number of nitrogens with zero attached hydrogens (tertiary/aromatic N) is 7. The highest BCUT2D eigenvalue weighted by Crippen LogP contribution is 2.33. The first-order valence-corrected chi connectivity index (χ1v) is 11.2. The summed E-state index contributed by atoms with van der Waals surface area (Å²) in [6, 6.07) is 4.41. The molecule has 8 nitrogen and oxygen atoms in total.